The number of thiocarbonyl (C=S) groups is 1. The van der Waals surface area contributed by atoms with Gasteiger partial charge in [0.05, 0.1) is 6.61 Å². The predicted octanol–water partition coefficient (Wildman–Crippen LogP) is 13.3. The highest BCUT2D eigenvalue weighted by atomic mass is 32.1. The van der Waals surface area contributed by atoms with E-state index in [-0.39, 0.29) is 0 Å². The number of hydrogen-bond acceptors (Lipinski definition) is 2. The van der Waals surface area contributed by atoms with Gasteiger partial charge in [0.2, 0.25) is 0 Å². The lowest BCUT2D eigenvalue weighted by molar-refractivity contribution is 0.304. The third kappa shape index (κ3) is 18.6. The maximum atomic E-state index is 5.98. The average molecular weight is 591 g/mol. The number of benzene rings is 2. The van der Waals surface area contributed by atoms with Crippen molar-refractivity contribution in [3.63, 3.8) is 0 Å². The Kier molecular flexibility index (Phi) is 22.1. The molecule has 0 aliphatic carbocycles. The number of aryl methyl sites for hydroxylation is 1. The molecule has 0 amide bonds. The zero-order valence-electron chi connectivity index (χ0n) is 27.4. The standard InChI is InChI=1S/C40H62OS/c1-3-5-7-8-9-10-11-12-13-14-15-16-17-18-19-20-21-22-23-35-41-39-32-27-37(28-33-39)29-34-40(42)38-30-25-36(26-31-38)24-6-4-2/h25-34H,3-24,35H2,1-2H3. The highest BCUT2D eigenvalue weighted by molar-refractivity contribution is 7.81. The molecule has 0 N–H and O–H groups in total. The van der Waals surface area contributed by atoms with Gasteiger partial charge in [-0.2, -0.15) is 0 Å². The molecule has 0 fully saturated rings. The van der Waals surface area contributed by atoms with Crippen LogP contribution in [0.2, 0.25) is 0 Å². The van der Waals surface area contributed by atoms with Crippen molar-refractivity contribution in [2.75, 3.05) is 6.61 Å². The number of rotatable bonds is 27. The molecule has 0 unspecified atom stereocenters. The van der Waals surface area contributed by atoms with Crippen molar-refractivity contribution in [1.29, 1.82) is 0 Å². The normalized spacial score (nSPS) is 11.4. The molecule has 234 valence electrons. The summed E-state index contributed by atoms with van der Waals surface area (Å²) in [7, 11) is 0. The molecule has 0 saturated heterocycles. The van der Waals surface area contributed by atoms with Crippen molar-refractivity contribution in [3.8, 4) is 5.75 Å². The summed E-state index contributed by atoms with van der Waals surface area (Å²) in [6.45, 7) is 5.34. The lowest BCUT2D eigenvalue weighted by Crippen LogP contribution is -1.97. The van der Waals surface area contributed by atoms with Crippen LogP contribution in [0.4, 0.5) is 0 Å². The summed E-state index contributed by atoms with van der Waals surface area (Å²) in [5.74, 6) is 0.958. The van der Waals surface area contributed by atoms with Crippen LogP contribution in [0, 0.1) is 0 Å². The fourth-order valence-corrected chi connectivity index (χ4v) is 5.73. The van der Waals surface area contributed by atoms with Crippen molar-refractivity contribution >= 4 is 23.2 Å². The number of ether oxygens (including phenoxy) is 1. The van der Waals surface area contributed by atoms with E-state index in [2.05, 4.69) is 68.5 Å². The minimum absolute atomic E-state index is 0.812. The van der Waals surface area contributed by atoms with Crippen LogP contribution in [0.5, 0.6) is 5.75 Å². The van der Waals surface area contributed by atoms with Gasteiger partial charge in [-0.1, -0.05) is 191 Å². The number of allylic oxidation sites excluding steroid dienone is 1. The van der Waals surface area contributed by atoms with Crippen LogP contribution in [0.25, 0.3) is 6.08 Å². The summed E-state index contributed by atoms with van der Waals surface area (Å²) in [4.78, 5) is 0.877. The fourth-order valence-electron chi connectivity index (χ4n) is 5.53. The lowest BCUT2D eigenvalue weighted by Gasteiger charge is -2.07. The Labute approximate surface area is 265 Å². The van der Waals surface area contributed by atoms with E-state index in [1.807, 2.05) is 6.08 Å². The Morgan fingerprint density at radius 1 is 0.548 bits per heavy atom. The van der Waals surface area contributed by atoms with Gasteiger partial charge in [-0.05, 0) is 54.2 Å². The predicted molar refractivity (Wildman–Crippen MR) is 191 cm³/mol. The second-order valence-electron chi connectivity index (χ2n) is 12.3. The molecule has 0 heterocycles. The summed E-state index contributed by atoms with van der Waals surface area (Å²) in [5.41, 5.74) is 3.65. The fraction of sp³-hybridized carbons (Fsp3) is 0.625. The summed E-state index contributed by atoms with van der Waals surface area (Å²) in [6, 6.07) is 17.1. The van der Waals surface area contributed by atoms with Crippen LogP contribution < -0.4 is 4.74 Å². The van der Waals surface area contributed by atoms with Gasteiger partial charge in [0.1, 0.15) is 5.75 Å². The van der Waals surface area contributed by atoms with Crippen LogP contribution in [-0.2, 0) is 6.42 Å². The first-order valence-corrected chi connectivity index (χ1v) is 18.2. The first-order chi connectivity index (χ1) is 20.7. The third-order valence-electron chi connectivity index (χ3n) is 8.38. The minimum Gasteiger partial charge on any atom is -0.494 e. The molecule has 2 rings (SSSR count). The molecular formula is C40H62OS. The molecule has 0 atom stereocenters. The van der Waals surface area contributed by atoms with Gasteiger partial charge in [0, 0.05) is 4.86 Å². The van der Waals surface area contributed by atoms with Crippen LogP contribution in [-0.4, -0.2) is 11.5 Å². The summed E-state index contributed by atoms with van der Waals surface area (Å²) in [6.07, 6.45) is 34.5. The zero-order valence-corrected chi connectivity index (χ0v) is 28.2. The second-order valence-corrected chi connectivity index (χ2v) is 12.7. The molecule has 42 heavy (non-hydrogen) atoms. The quantitative estimate of drug-likeness (QED) is 0.0443. The van der Waals surface area contributed by atoms with Crippen molar-refractivity contribution in [1.82, 2.24) is 0 Å². The maximum Gasteiger partial charge on any atom is 0.119 e. The van der Waals surface area contributed by atoms with Gasteiger partial charge in [-0.15, -0.1) is 0 Å². The maximum absolute atomic E-state index is 5.98. The highest BCUT2D eigenvalue weighted by Gasteiger charge is 2.00. The summed E-state index contributed by atoms with van der Waals surface area (Å²) < 4.78 is 5.98. The molecule has 0 radical (unpaired) electrons. The van der Waals surface area contributed by atoms with E-state index in [0.717, 1.165) is 41.2 Å². The molecular weight excluding hydrogens is 529 g/mol. The van der Waals surface area contributed by atoms with Crippen LogP contribution in [0.3, 0.4) is 0 Å². The van der Waals surface area contributed by atoms with E-state index in [0.29, 0.717) is 0 Å². The monoisotopic (exact) mass is 590 g/mol. The molecule has 0 spiro atoms. The Bertz CT molecular complexity index is 927. The summed E-state index contributed by atoms with van der Waals surface area (Å²) >= 11 is 5.63. The van der Waals surface area contributed by atoms with Gasteiger partial charge in [0.15, 0.2) is 0 Å². The molecule has 0 aromatic heterocycles. The zero-order chi connectivity index (χ0) is 29.9. The summed E-state index contributed by atoms with van der Waals surface area (Å²) in [5, 5.41) is 0. The Hall–Kier alpha value is -1.93. The first kappa shape index (κ1) is 36.3. The molecule has 0 aliphatic rings. The molecule has 2 heteroatoms. The van der Waals surface area contributed by atoms with E-state index in [4.69, 9.17) is 17.0 Å². The lowest BCUT2D eigenvalue weighted by atomic mass is 10.0. The first-order valence-electron chi connectivity index (χ1n) is 17.8. The van der Waals surface area contributed by atoms with Gasteiger partial charge >= 0.3 is 0 Å². The Balaban J connectivity index is 1.40. The van der Waals surface area contributed by atoms with Gasteiger partial charge in [0.25, 0.3) is 0 Å². The van der Waals surface area contributed by atoms with Crippen LogP contribution >= 0.6 is 12.2 Å². The SMILES string of the molecule is CCCCCCCCCCCCCCCCCCCCCOc1ccc(C=CC(=S)c2ccc(CCCC)cc2)cc1. The Morgan fingerprint density at radius 2 is 1.00 bits per heavy atom. The minimum atomic E-state index is 0.812. The molecule has 0 aliphatic heterocycles. The highest BCUT2D eigenvalue weighted by Crippen LogP contribution is 2.17. The van der Waals surface area contributed by atoms with E-state index in [1.54, 1.807) is 0 Å². The van der Waals surface area contributed by atoms with E-state index in [9.17, 15) is 0 Å². The van der Waals surface area contributed by atoms with Gasteiger partial charge in [-0.3, -0.25) is 0 Å². The van der Waals surface area contributed by atoms with E-state index in [1.165, 1.54) is 134 Å². The largest absolute Gasteiger partial charge is 0.494 e. The van der Waals surface area contributed by atoms with Crippen molar-refractivity contribution in [3.05, 3.63) is 71.3 Å². The topological polar surface area (TPSA) is 9.23 Å². The smallest absolute Gasteiger partial charge is 0.119 e. The molecule has 0 bridgehead atoms. The van der Waals surface area contributed by atoms with E-state index >= 15 is 0 Å². The number of unbranched alkanes of at least 4 members (excludes halogenated alkanes) is 19. The molecule has 1 nitrogen and oxygen atoms in total. The van der Waals surface area contributed by atoms with Gasteiger partial charge < -0.3 is 4.74 Å². The second kappa shape index (κ2) is 25.6. The number of hydrogen-bond donors (Lipinski definition) is 0. The molecule has 0 saturated carbocycles. The molecule has 2 aromatic rings. The third-order valence-corrected chi connectivity index (χ3v) is 8.75. The Morgan fingerprint density at radius 3 is 1.48 bits per heavy atom. The van der Waals surface area contributed by atoms with Crippen molar-refractivity contribution in [2.24, 2.45) is 0 Å². The van der Waals surface area contributed by atoms with Gasteiger partial charge in [-0.25, -0.2) is 0 Å². The van der Waals surface area contributed by atoms with Crippen LogP contribution in [0.15, 0.2) is 54.6 Å². The van der Waals surface area contributed by atoms with Crippen LogP contribution in [0.1, 0.15) is 165 Å². The van der Waals surface area contributed by atoms with Crippen molar-refractivity contribution < 1.29 is 4.74 Å². The van der Waals surface area contributed by atoms with Crippen molar-refractivity contribution in [2.45, 2.75) is 155 Å². The average Bonchev–Trinajstić information content (AvgIpc) is 3.02. The molecule has 2 aromatic carbocycles. The van der Waals surface area contributed by atoms with E-state index < -0.39 is 0 Å².